The summed E-state index contributed by atoms with van der Waals surface area (Å²) in [7, 11) is 4.76. The highest BCUT2D eigenvalue weighted by Crippen LogP contribution is 2.54. The molecule has 0 spiro atoms. The highest BCUT2D eigenvalue weighted by Gasteiger charge is 2.33. The number of fused-ring (bicyclic) bond motifs is 5. The van der Waals surface area contributed by atoms with Crippen LogP contribution in [-0.2, 0) is 0 Å². The summed E-state index contributed by atoms with van der Waals surface area (Å²) in [5.41, 5.74) is 5.68. The molecular weight excluding hydrogens is 471 g/mol. The van der Waals surface area contributed by atoms with Gasteiger partial charge in [0.2, 0.25) is 0 Å². The van der Waals surface area contributed by atoms with Crippen LogP contribution in [0.15, 0.2) is 48.5 Å². The SMILES string of the molecule is COc1c(O)ccc2c1-c1ccc3c(c1C(=Cc1ccc(F)cc1C(=O)N(C)C)O2)C(C)=CC(C)(C)N3. The van der Waals surface area contributed by atoms with Crippen molar-refractivity contribution in [3.8, 4) is 28.4 Å². The Kier molecular flexibility index (Phi) is 5.74. The van der Waals surface area contributed by atoms with E-state index in [2.05, 4.69) is 25.2 Å². The second kappa shape index (κ2) is 8.69. The molecule has 0 aliphatic carbocycles. The molecule has 0 saturated heterocycles. The van der Waals surface area contributed by atoms with Gasteiger partial charge in [0.25, 0.3) is 5.91 Å². The van der Waals surface area contributed by atoms with Crippen LogP contribution in [0.25, 0.3) is 28.5 Å². The number of benzene rings is 3. The second-order valence-electron chi connectivity index (χ2n) is 10.1. The third-order valence-corrected chi connectivity index (χ3v) is 6.61. The van der Waals surface area contributed by atoms with Gasteiger partial charge >= 0.3 is 0 Å². The summed E-state index contributed by atoms with van der Waals surface area (Å²) in [6.45, 7) is 6.24. The number of allylic oxidation sites excluding steroid dienone is 1. The number of anilines is 1. The average Bonchev–Trinajstić information content (AvgIpc) is 2.83. The maximum Gasteiger partial charge on any atom is 0.254 e. The number of phenols is 1. The van der Waals surface area contributed by atoms with Crippen molar-refractivity contribution in [2.75, 3.05) is 26.5 Å². The second-order valence-corrected chi connectivity index (χ2v) is 10.1. The molecular formula is C30H29FN2O4. The third kappa shape index (κ3) is 4.10. The van der Waals surface area contributed by atoms with Crippen molar-refractivity contribution in [3.63, 3.8) is 0 Å². The van der Waals surface area contributed by atoms with Crippen LogP contribution >= 0.6 is 0 Å². The Labute approximate surface area is 215 Å². The summed E-state index contributed by atoms with van der Waals surface area (Å²) in [5, 5.41) is 14.1. The zero-order valence-corrected chi connectivity index (χ0v) is 21.7. The fourth-order valence-electron chi connectivity index (χ4n) is 5.17. The molecule has 2 aliphatic heterocycles. The van der Waals surface area contributed by atoms with Crippen molar-refractivity contribution in [1.29, 1.82) is 0 Å². The lowest BCUT2D eigenvalue weighted by Gasteiger charge is -2.35. The summed E-state index contributed by atoms with van der Waals surface area (Å²) in [5.74, 6) is 0.510. The smallest absolute Gasteiger partial charge is 0.254 e. The molecule has 0 unspecified atom stereocenters. The van der Waals surface area contributed by atoms with Crippen molar-refractivity contribution in [2.45, 2.75) is 26.3 Å². The van der Waals surface area contributed by atoms with Gasteiger partial charge in [0.1, 0.15) is 17.3 Å². The highest BCUT2D eigenvalue weighted by atomic mass is 19.1. The molecule has 1 amide bonds. The molecule has 3 aromatic carbocycles. The minimum Gasteiger partial charge on any atom is -0.504 e. The van der Waals surface area contributed by atoms with Gasteiger partial charge in [-0.3, -0.25) is 4.79 Å². The normalized spacial score (nSPS) is 16.0. The number of carbonyl (C=O) groups excluding carboxylic acids is 1. The standard InChI is InChI=1S/C30H29FN2O4/c1-16-15-30(2,3)32-21-10-9-19-26(25(16)21)24(37-23-12-11-22(34)28(36-6)27(19)23)13-17-7-8-18(31)14-20(17)29(35)33(4)5/h7-15,32,34H,1-6H3. The van der Waals surface area contributed by atoms with Crippen molar-refractivity contribution < 1.29 is 23.8 Å². The lowest BCUT2D eigenvalue weighted by molar-refractivity contribution is 0.0827. The van der Waals surface area contributed by atoms with Gasteiger partial charge in [0.05, 0.1) is 18.2 Å². The maximum atomic E-state index is 14.2. The monoisotopic (exact) mass is 500 g/mol. The van der Waals surface area contributed by atoms with E-state index in [0.717, 1.165) is 28.0 Å². The van der Waals surface area contributed by atoms with Crippen LogP contribution in [0.1, 0.15) is 47.8 Å². The zero-order chi connectivity index (χ0) is 26.6. The molecule has 0 radical (unpaired) electrons. The van der Waals surface area contributed by atoms with E-state index in [1.54, 1.807) is 32.3 Å². The molecule has 5 rings (SSSR count). The molecule has 0 fully saturated rings. The number of ether oxygens (including phenoxy) is 2. The summed E-state index contributed by atoms with van der Waals surface area (Å²) in [6, 6.07) is 11.3. The number of nitrogens with zero attached hydrogens (tertiary/aromatic N) is 1. The molecule has 190 valence electrons. The molecule has 7 heteroatoms. The van der Waals surface area contributed by atoms with Gasteiger partial charge < -0.3 is 24.8 Å². The molecule has 0 atom stereocenters. The van der Waals surface area contributed by atoms with Crippen LogP contribution in [0.2, 0.25) is 0 Å². The van der Waals surface area contributed by atoms with Crippen molar-refractivity contribution >= 4 is 29.0 Å². The van der Waals surface area contributed by atoms with Crippen LogP contribution in [0.4, 0.5) is 10.1 Å². The number of rotatable bonds is 3. The summed E-state index contributed by atoms with van der Waals surface area (Å²) in [6.07, 6.45) is 3.92. The van der Waals surface area contributed by atoms with E-state index in [0.29, 0.717) is 28.4 Å². The van der Waals surface area contributed by atoms with Crippen LogP contribution in [-0.4, -0.2) is 42.7 Å². The number of phenolic OH excluding ortho intramolecular Hbond substituents is 1. The first-order chi connectivity index (χ1) is 17.5. The molecule has 2 N–H and O–H groups in total. The number of hydrogen-bond donors (Lipinski definition) is 2. The van der Waals surface area contributed by atoms with E-state index in [4.69, 9.17) is 9.47 Å². The predicted molar refractivity (Wildman–Crippen MR) is 144 cm³/mol. The summed E-state index contributed by atoms with van der Waals surface area (Å²) >= 11 is 0. The molecule has 0 aromatic heterocycles. The summed E-state index contributed by atoms with van der Waals surface area (Å²) < 4.78 is 26.2. The van der Waals surface area contributed by atoms with Crippen molar-refractivity contribution in [3.05, 3.63) is 76.6 Å². The average molecular weight is 501 g/mol. The number of amides is 1. The Morgan fingerprint density at radius 2 is 1.86 bits per heavy atom. The minimum absolute atomic E-state index is 0.00451. The molecule has 3 aromatic rings. The molecule has 2 aliphatic rings. The van der Waals surface area contributed by atoms with Gasteiger partial charge in [0.15, 0.2) is 11.5 Å². The number of methoxy groups -OCH3 is 1. The Bertz CT molecular complexity index is 1520. The van der Waals surface area contributed by atoms with E-state index < -0.39 is 5.82 Å². The van der Waals surface area contributed by atoms with Gasteiger partial charge in [-0.25, -0.2) is 4.39 Å². The molecule has 37 heavy (non-hydrogen) atoms. The Balaban J connectivity index is 1.83. The topological polar surface area (TPSA) is 71.0 Å². The predicted octanol–water partition coefficient (Wildman–Crippen LogP) is 6.41. The van der Waals surface area contributed by atoms with Crippen molar-refractivity contribution in [1.82, 2.24) is 4.90 Å². The quantitative estimate of drug-likeness (QED) is 0.435. The minimum atomic E-state index is -0.495. The first kappa shape index (κ1) is 24.4. The molecule has 2 heterocycles. The highest BCUT2D eigenvalue weighted by molar-refractivity contribution is 6.04. The van der Waals surface area contributed by atoms with Gasteiger partial charge in [-0.15, -0.1) is 0 Å². The lowest BCUT2D eigenvalue weighted by Crippen LogP contribution is -2.32. The van der Waals surface area contributed by atoms with Crippen LogP contribution < -0.4 is 14.8 Å². The molecule has 0 bridgehead atoms. The Hall–Kier alpha value is -4.26. The lowest BCUT2D eigenvalue weighted by atomic mass is 9.82. The zero-order valence-electron chi connectivity index (χ0n) is 21.7. The van der Waals surface area contributed by atoms with Crippen molar-refractivity contribution in [2.24, 2.45) is 0 Å². The van der Waals surface area contributed by atoms with Gasteiger partial charge in [-0.05, 0) is 68.3 Å². The number of aromatic hydroxyl groups is 1. The Morgan fingerprint density at radius 1 is 1.11 bits per heavy atom. The van der Waals surface area contributed by atoms with Crippen LogP contribution in [0, 0.1) is 5.82 Å². The largest absolute Gasteiger partial charge is 0.504 e. The Morgan fingerprint density at radius 3 is 2.57 bits per heavy atom. The van der Waals surface area contributed by atoms with E-state index >= 15 is 0 Å². The van der Waals surface area contributed by atoms with Crippen LogP contribution in [0.5, 0.6) is 17.2 Å². The van der Waals surface area contributed by atoms with E-state index in [-0.39, 0.29) is 22.8 Å². The first-order valence-corrected chi connectivity index (χ1v) is 12.0. The number of halogens is 1. The van der Waals surface area contributed by atoms with E-state index in [9.17, 15) is 14.3 Å². The van der Waals surface area contributed by atoms with Gasteiger partial charge in [0, 0.05) is 42.0 Å². The van der Waals surface area contributed by atoms with Gasteiger partial charge in [-0.1, -0.05) is 18.2 Å². The van der Waals surface area contributed by atoms with Crippen LogP contribution in [0.3, 0.4) is 0 Å². The third-order valence-electron chi connectivity index (χ3n) is 6.61. The van der Waals surface area contributed by atoms with E-state index in [1.807, 2.05) is 19.1 Å². The first-order valence-electron chi connectivity index (χ1n) is 12.0. The molecule has 6 nitrogen and oxygen atoms in total. The number of nitrogens with one attached hydrogen (secondary N) is 1. The number of hydrogen-bond acceptors (Lipinski definition) is 5. The fraction of sp³-hybridized carbons (Fsp3) is 0.233. The van der Waals surface area contributed by atoms with Gasteiger partial charge in [-0.2, -0.15) is 0 Å². The fourth-order valence-corrected chi connectivity index (χ4v) is 5.17. The number of carbonyl (C=O) groups is 1. The summed E-state index contributed by atoms with van der Waals surface area (Å²) in [4.78, 5) is 14.3. The maximum absolute atomic E-state index is 14.2. The van der Waals surface area contributed by atoms with E-state index in [1.165, 1.54) is 30.2 Å². The molecule has 0 saturated carbocycles.